The smallest absolute Gasteiger partial charge is 0.335 e. The van der Waals surface area contributed by atoms with Crippen LogP contribution in [0.5, 0.6) is 0 Å². The molecule has 0 amide bonds. The summed E-state index contributed by atoms with van der Waals surface area (Å²) in [6.45, 7) is 3.95. The second kappa shape index (κ2) is 4.61. The Kier molecular flexibility index (Phi) is 3.15. The molecule has 18 heavy (non-hydrogen) atoms. The monoisotopic (exact) mass is 244 g/mol. The zero-order chi connectivity index (χ0) is 13.3. The lowest BCUT2D eigenvalue weighted by atomic mass is 9.99. The molecule has 92 valence electrons. The number of rotatable bonds is 2. The van der Waals surface area contributed by atoms with Crippen molar-refractivity contribution in [3.05, 3.63) is 58.9 Å². The summed E-state index contributed by atoms with van der Waals surface area (Å²) in [6, 6.07) is 9.62. The van der Waals surface area contributed by atoms with Gasteiger partial charge in [-0.15, -0.1) is 0 Å². The average Bonchev–Trinajstić information content (AvgIpc) is 2.32. The van der Waals surface area contributed by atoms with Crippen LogP contribution in [0, 0.1) is 19.7 Å². The van der Waals surface area contributed by atoms with Crippen molar-refractivity contribution in [3.63, 3.8) is 0 Å². The summed E-state index contributed by atoms with van der Waals surface area (Å²) in [6.07, 6.45) is 0. The van der Waals surface area contributed by atoms with Gasteiger partial charge in [0.15, 0.2) is 0 Å². The van der Waals surface area contributed by atoms with E-state index in [0.717, 1.165) is 22.8 Å². The van der Waals surface area contributed by atoms with Gasteiger partial charge in [-0.1, -0.05) is 24.3 Å². The molecule has 0 unspecified atom stereocenters. The van der Waals surface area contributed by atoms with Crippen LogP contribution in [0.4, 0.5) is 4.39 Å². The van der Waals surface area contributed by atoms with Crippen LogP contribution in [0.25, 0.3) is 11.1 Å². The van der Waals surface area contributed by atoms with E-state index in [1.165, 1.54) is 12.1 Å². The maximum Gasteiger partial charge on any atom is 0.335 e. The van der Waals surface area contributed by atoms with Crippen molar-refractivity contribution in [2.24, 2.45) is 0 Å². The molecule has 2 aromatic rings. The van der Waals surface area contributed by atoms with Gasteiger partial charge < -0.3 is 5.11 Å². The van der Waals surface area contributed by atoms with Gasteiger partial charge in [-0.25, -0.2) is 9.18 Å². The summed E-state index contributed by atoms with van der Waals surface area (Å²) >= 11 is 0. The van der Waals surface area contributed by atoms with Gasteiger partial charge in [0.2, 0.25) is 0 Å². The van der Waals surface area contributed by atoms with Gasteiger partial charge in [0.25, 0.3) is 0 Å². The molecule has 2 aromatic carbocycles. The molecule has 0 aliphatic rings. The summed E-state index contributed by atoms with van der Waals surface area (Å²) in [4.78, 5) is 10.7. The minimum absolute atomic E-state index is 0.0416. The van der Waals surface area contributed by atoms with E-state index in [1.807, 2.05) is 32.0 Å². The highest BCUT2D eigenvalue weighted by Gasteiger charge is 2.10. The SMILES string of the molecule is Cc1ccc(-c2ccc(C(=O)O)cc2F)cc1C. The number of halogens is 1. The van der Waals surface area contributed by atoms with Crippen molar-refractivity contribution in [1.82, 2.24) is 0 Å². The summed E-state index contributed by atoms with van der Waals surface area (Å²) in [5, 5.41) is 8.78. The molecule has 0 atom stereocenters. The van der Waals surface area contributed by atoms with E-state index in [4.69, 9.17) is 5.11 Å². The summed E-state index contributed by atoms with van der Waals surface area (Å²) in [7, 11) is 0. The normalized spacial score (nSPS) is 10.4. The van der Waals surface area contributed by atoms with Crippen molar-refractivity contribution in [1.29, 1.82) is 0 Å². The lowest BCUT2D eigenvalue weighted by molar-refractivity contribution is 0.0696. The highest BCUT2D eigenvalue weighted by atomic mass is 19.1. The predicted octanol–water partition coefficient (Wildman–Crippen LogP) is 3.81. The van der Waals surface area contributed by atoms with Gasteiger partial charge in [0.05, 0.1) is 5.56 Å². The third kappa shape index (κ3) is 2.25. The maximum atomic E-state index is 13.9. The first-order chi connectivity index (χ1) is 8.49. The van der Waals surface area contributed by atoms with E-state index >= 15 is 0 Å². The third-order valence-corrected chi connectivity index (χ3v) is 3.03. The molecule has 0 aliphatic heterocycles. The topological polar surface area (TPSA) is 37.3 Å². The van der Waals surface area contributed by atoms with Crippen LogP contribution in [0.2, 0.25) is 0 Å². The molecule has 2 rings (SSSR count). The first-order valence-corrected chi connectivity index (χ1v) is 5.59. The van der Waals surface area contributed by atoms with Crippen LogP contribution in [0.1, 0.15) is 21.5 Å². The summed E-state index contributed by atoms with van der Waals surface area (Å²) in [5.41, 5.74) is 3.35. The van der Waals surface area contributed by atoms with Crippen LogP contribution in [0.15, 0.2) is 36.4 Å². The molecule has 0 spiro atoms. The Balaban J connectivity index is 2.51. The quantitative estimate of drug-likeness (QED) is 0.872. The van der Waals surface area contributed by atoms with Crippen LogP contribution < -0.4 is 0 Å². The molecular weight excluding hydrogens is 231 g/mol. The number of carbonyl (C=O) groups is 1. The fourth-order valence-corrected chi connectivity index (χ4v) is 1.79. The van der Waals surface area contributed by atoms with E-state index in [-0.39, 0.29) is 5.56 Å². The van der Waals surface area contributed by atoms with Gasteiger partial charge in [0, 0.05) is 5.56 Å². The largest absolute Gasteiger partial charge is 0.478 e. The van der Waals surface area contributed by atoms with E-state index in [9.17, 15) is 9.18 Å². The van der Waals surface area contributed by atoms with Crippen LogP contribution in [-0.2, 0) is 0 Å². The summed E-state index contributed by atoms with van der Waals surface area (Å²) < 4.78 is 13.9. The first kappa shape index (κ1) is 12.3. The Hall–Kier alpha value is -2.16. The zero-order valence-electron chi connectivity index (χ0n) is 10.2. The molecule has 0 heterocycles. The molecule has 2 nitrogen and oxygen atoms in total. The molecule has 0 radical (unpaired) electrons. The fourth-order valence-electron chi connectivity index (χ4n) is 1.79. The lowest BCUT2D eigenvalue weighted by Crippen LogP contribution is -1.97. The number of aryl methyl sites for hydroxylation is 2. The molecule has 0 fully saturated rings. The number of benzene rings is 2. The molecule has 0 saturated heterocycles. The average molecular weight is 244 g/mol. The van der Waals surface area contributed by atoms with Gasteiger partial charge >= 0.3 is 5.97 Å². The Morgan fingerprint density at radius 3 is 2.33 bits per heavy atom. The number of aromatic carboxylic acids is 1. The van der Waals surface area contributed by atoms with Gasteiger partial charge in [-0.3, -0.25) is 0 Å². The van der Waals surface area contributed by atoms with E-state index in [0.29, 0.717) is 5.56 Å². The minimum atomic E-state index is -1.12. The second-order valence-electron chi connectivity index (χ2n) is 4.30. The Bertz CT molecular complexity index is 618. The van der Waals surface area contributed by atoms with E-state index < -0.39 is 11.8 Å². The molecule has 0 bridgehead atoms. The second-order valence-corrected chi connectivity index (χ2v) is 4.30. The van der Waals surface area contributed by atoms with Crippen molar-refractivity contribution in [2.75, 3.05) is 0 Å². The predicted molar refractivity (Wildman–Crippen MR) is 68.3 cm³/mol. The first-order valence-electron chi connectivity index (χ1n) is 5.59. The Labute approximate surface area is 105 Å². The third-order valence-electron chi connectivity index (χ3n) is 3.03. The molecule has 3 heteroatoms. The van der Waals surface area contributed by atoms with Crippen LogP contribution >= 0.6 is 0 Å². The molecule has 0 aromatic heterocycles. The molecule has 0 saturated carbocycles. The van der Waals surface area contributed by atoms with E-state index in [2.05, 4.69) is 0 Å². The maximum absolute atomic E-state index is 13.9. The van der Waals surface area contributed by atoms with Gasteiger partial charge in [-0.2, -0.15) is 0 Å². The van der Waals surface area contributed by atoms with Crippen LogP contribution in [-0.4, -0.2) is 11.1 Å². The highest BCUT2D eigenvalue weighted by molar-refractivity contribution is 5.88. The summed E-state index contributed by atoms with van der Waals surface area (Å²) in [5.74, 6) is -1.64. The van der Waals surface area contributed by atoms with E-state index in [1.54, 1.807) is 0 Å². The molecule has 0 aliphatic carbocycles. The molecule has 1 N–H and O–H groups in total. The Morgan fingerprint density at radius 2 is 1.78 bits per heavy atom. The number of carboxylic acid groups (broad SMARTS) is 1. The minimum Gasteiger partial charge on any atom is -0.478 e. The highest BCUT2D eigenvalue weighted by Crippen LogP contribution is 2.25. The van der Waals surface area contributed by atoms with Gasteiger partial charge in [0.1, 0.15) is 5.82 Å². The van der Waals surface area contributed by atoms with Gasteiger partial charge in [-0.05, 0) is 42.7 Å². The zero-order valence-corrected chi connectivity index (χ0v) is 10.2. The number of hydrogen-bond donors (Lipinski definition) is 1. The van der Waals surface area contributed by atoms with Crippen molar-refractivity contribution < 1.29 is 14.3 Å². The standard InChI is InChI=1S/C15H13FO2/c1-9-3-4-11(7-10(9)2)13-6-5-12(15(17)18)8-14(13)16/h3-8H,1-2H3,(H,17,18). The van der Waals surface area contributed by atoms with Crippen molar-refractivity contribution in [2.45, 2.75) is 13.8 Å². The molecular formula is C15H13FO2. The van der Waals surface area contributed by atoms with Crippen molar-refractivity contribution in [3.8, 4) is 11.1 Å². The van der Waals surface area contributed by atoms with Crippen LogP contribution in [0.3, 0.4) is 0 Å². The number of hydrogen-bond acceptors (Lipinski definition) is 1. The number of carboxylic acids is 1. The lowest BCUT2D eigenvalue weighted by Gasteiger charge is -2.07. The van der Waals surface area contributed by atoms with Crippen molar-refractivity contribution >= 4 is 5.97 Å². The fraction of sp³-hybridized carbons (Fsp3) is 0.133. The Morgan fingerprint density at radius 1 is 1.06 bits per heavy atom.